The third-order valence-corrected chi connectivity index (χ3v) is 2.45. The van der Waals surface area contributed by atoms with Gasteiger partial charge in [-0.2, -0.15) is 5.26 Å². The molecule has 1 heterocycles. The number of para-hydroxylation sites is 1. The predicted molar refractivity (Wildman–Crippen MR) is 58.2 cm³/mol. The summed E-state index contributed by atoms with van der Waals surface area (Å²) in [6.07, 6.45) is 3.31. The van der Waals surface area contributed by atoms with Crippen molar-refractivity contribution in [2.75, 3.05) is 0 Å². The van der Waals surface area contributed by atoms with E-state index in [4.69, 9.17) is 5.26 Å². The lowest BCUT2D eigenvalue weighted by atomic mass is 9.85. The van der Waals surface area contributed by atoms with Gasteiger partial charge in [-0.1, -0.05) is 12.1 Å². The first-order valence-electron chi connectivity index (χ1n) is 4.76. The molecule has 2 aromatic rings. The molecular weight excluding hydrogens is 186 g/mol. The van der Waals surface area contributed by atoms with Crippen molar-refractivity contribution in [1.82, 2.24) is 9.97 Å². The zero-order valence-corrected chi connectivity index (χ0v) is 8.73. The molecule has 1 aromatic heterocycles. The van der Waals surface area contributed by atoms with Crippen LogP contribution in [0, 0.1) is 11.3 Å². The third-order valence-electron chi connectivity index (χ3n) is 2.45. The van der Waals surface area contributed by atoms with Crippen molar-refractivity contribution in [1.29, 1.82) is 5.26 Å². The van der Waals surface area contributed by atoms with Gasteiger partial charge in [0.25, 0.3) is 0 Å². The quantitative estimate of drug-likeness (QED) is 0.705. The van der Waals surface area contributed by atoms with Gasteiger partial charge >= 0.3 is 0 Å². The monoisotopic (exact) mass is 197 g/mol. The molecule has 3 heteroatoms. The zero-order chi connectivity index (χ0) is 10.9. The van der Waals surface area contributed by atoms with Crippen LogP contribution in [0.5, 0.6) is 0 Å². The Kier molecular flexibility index (Phi) is 2.12. The lowest BCUT2D eigenvalue weighted by Gasteiger charge is -2.16. The molecule has 2 rings (SSSR count). The van der Waals surface area contributed by atoms with Gasteiger partial charge in [-0.3, -0.25) is 9.97 Å². The lowest BCUT2D eigenvalue weighted by Crippen LogP contribution is -2.14. The van der Waals surface area contributed by atoms with E-state index in [0.29, 0.717) is 0 Å². The maximum absolute atomic E-state index is 9.11. The Bertz CT molecular complexity index is 533. The van der Waals surface area contributed by atoms with E-state index >= 15 is 0 Å². The summed E-state index contributed by atoms with van der Waals surface area (Å²) < 4.78 is 0. The molecule has 3 nitrogen and oxygen atoms in total. The molecule has 0 saturated carbocycles. The number of hydrogen-bond acceptors (Lipinski definition) is 3. The summed E-state index contributed by atoms with van der Waals surface area (Å²) in [7, 11) is 0. The Morgan fingerprint density at radius 2 is 1.93 bits per heavy atom. The molecule has 1 aromatic carbocycles. The SMILES string of the molecule is CC(C)(C#N)c1cccc2nccnc12. The molecule has 0 bridgehead atoms. The number of benzene rings is 1. The zero-order valence-electron chi connectivity index (χ0n) is 8.73. The summed E-state index contributed by atoms with van der Waals surface area (Å²) in [6.45, 7) is 3.77. The lowest BCUT2D eigenvalue weighted by molar-refractivity contribution is 0.691. The van der Waals surface area contributed by atoms with Crippen LogP contribution >= 0.6 is 0 Å². The Labute approximate surface area is 88.4 Å². The highest BCUT2D eigenvalue weighted by atomic mass is 14.8. The maximum Gasteiger partial charge on any atom is 0.0934 e. The first-order valence-corrected chi connectivity index (χ1v) is 4.76. The number of nitriles is 1. The number of nitrogens with zero attached hydrogens (tertiary/aromatic N) is 3. The van der Waals surface area contributed by atoms with Crippen LogP contribution in [0.1, 0.15) is 19.4 Å². The van der Waals surface area contributed by atoms with Crippen LogP contribution in [0.25, 0.3) is 11.0 Å². The Morgan fingerprint density at radius 3 is 2.67 bits per heavy atom. The smallest absolute Gasteiger partial charge is 0.0934 e. The van der Waals surface area contributed by atoms with E-state index < -0.39 is 5.41 Å². The predicted octanol–water partition coefficient (Wildman–Crippen LogP) is 2.43. The topological polar surface area (TPSA) is 49.6 Å². The molecule has 0 radical (unpaired) electrons. The van der Waals surface area contributed by atoms with Crippen molar-refractivity contribution in [2.24, 2.45) is 0 Å². The molecule has 0 aliphatic heterocycles. The third kappa shape index (κ3) is 1.55. The Balaban J connectivity index is 2.78. The van der Waals surface area contributed by atoms with Crippen molar-refractivity contribution >= 4 is 11.0 Å². The second-order valence-electron chi connectivity index (χ2n) is 3.97. The molecule has 0 atom stereocenters. The number of fused-ring (bicyclic) bond motifs is 1. The van der Waals surface area contributed by atoms with E-state index in [1.165, 1.54) is 0 Å². The van der Waals surface area contributed by atoms with Gasteiger partial charge in [0, 0.05) is 12.4 Å². The van der Waals surface area contributed by atoms with Crippen LogP contribution in [-0.2, 0) is 5.41 Å². The van der Waals surface area contributed by atoms with Crippen molar-refractivity contribution < 1.29 is 0 Å². The summed E-state index contributed by atoms with van der Waals surface area (Å²) >= 11 is 0. The first kappa shape index (κ1) is 9.60. The molecule has 15 heavy (non-hydrogen) atoms. The van der Waals surface area contributed by atoms with E-state index in [1.54, 1.807) is 12.4 Å². The second kappa shape index (κ2) is 3.32. The maximum atomic E-state index is 9.11. The molecular formula is C12H11N3. The van der Waals surface area contributed by atoms with Gasteiger partial charge in [0.2, 0.25) is 0 Å². The molecule has 0 unspecified atom stereocenters. The van der Waals surface area contributed by atoms with Gasteiger partial charge in [-0.15, -0.1) is 0 Å². The molecule has 74 valence electrons. The fraction of sp³-hybridized carbons (Fsp3) is 0.250. The van der Waals surface area contributed by atoms with E-state index in [2.05, 4.69) is 16.0 Å². The molecule has 0 saturated heterocycles. The van der Waals surface area contributed by atoms with Crippen LogP contribution < -0.4 is 0 Å². The Hall–Kier alpha value is -1.95. The summed E-state index contributed by atoms with van der Waals surface area (Å²) in [4.78, 5) is 8.50. The van der Waals surface area contributed by atoms with Gasteiger partial charge in [0.15, 0.2) is 0 Å². The van der Waals surface area contributed by atoms with Crippen LogP contribution in [0.2, 0.25) is 0 Å². The Morgan fingerprint density at radius 1 is 1.20 bits per heavy atom. The average Bonchev–Trinajstić information content (AvgIpc) is 2.28. The van der Waals surface area contributed by atoms with E-state index in [1.807, 2.05) is 32.0 Å². The average molecular weight is 197 g/mol. The van der Waals surface area contributed by atoms with Crippen molar-refractivity contribution in [3.8, 4) is 6.07 Å². The standard InChI is InChI=1S/C12H11N3/c1-12(2,8-13)9-4-3-5-10-11(9)15-7-6-14-10/h3-7H,1-2H3. The first-order chi connectivity index (χ1) is 7.15. The van der Waals surface area contributed by atoms with E-state index in [-0.39, 0.29) is 0 Å². The molecule has 0 spiro atoms. The summed E-state index contributed by atoms with van der Waals surface area (Å²) in [6, 6.07) is 8.02. The largest absolute Gasteiger partial charge is 0.253 e. The molecule has 0 aliphatic rings. The van der Waals surface area contributed by atoms with E-state index in [0.717, 1.165) is 16.6 Å². The van der Waals surface area contributed by atoms with Gasteiger partial charge in [0.1, 0.15) is 0 Å². The van der Waals surface area contributed by atoms with E-state index in [9.17, 15) is 0 Å². The van der Waals surface area contributed by atoms with Gasteiger partial charge in [-0.05, 0) is 25.5 Å². The van der Waals surface area contributed by atoms with Crippen LogP contribution in [0.4, 0.5) is 0 Å². The summed E-state index contributed by atoms with van der Waals surface area (Å²) in [5, 5.41) is 9.11. The van der Waals surface area contributed by atoms with Crippen molar-refractivity contribution in [3.63, 3.8) is 0 Å². The minimum absolute atomic E-state index is 0.532. The highest BCUT2D eigenvalue weighted by Gasteiger charge is 2.22. The second-order valence-corrected chi connectivity index (χ2v) is 3.97. The van der Waals surface area contributed by atoms with Crippen LogP contribution in [0.15, 0.2) is 30.6 Å². The molecule has 0 fully saturated rings. The molecule has 0 N–H and O–H groups in total. The fourth-order valence-electron chi connectivity index (χ4n) is 1.56. The number of hydrogen-bond donors (Lipinski definition) is 0. The normalized spacial score (nSPS) is 11.3. The minimum Gasteiger partial charge on any atom is -0.253 e. The van der Waals surface area contributed by atoms with Crippen molar-refractivity contribution in [3.05, 3.63) is 36.2 Å². The number of rotatable bonds is 1. The summed E-state index contributed by atoms with van der Waals surface area (Å²) in [5.74, 6) is 0. The van der Waals surface area contributed by atoms with Crippen molar-refractivity contribution in [2.45, 2.75) is 19.3 Å². The van der Waals surface area contributed by atoms with Gasteiger partial charge in [0.05, 0.1) is 22.5 Å². The van der Waals surface area contributed by atoms with Gasteiger partial charge < -0.3 is 0 Å². The fourth-order valence-corrected chi connectivity index (χ4v) is 1.56. The highest BCUT2D eigenvalue weighted by molar-refractivity contribution is 5.79. The number of aromatic nitrogens is 2. The van der Waals surface area contributed by atoms with Gasteiger partial charge in [-0.25, -0.2) is 0 Å². The van der Waals surface area contributed by atoms with Crippen LogP contribution in [0.3, 0.4) is 0 Å². The molecule has 0 amide bonds. The highest BCUT2D eigenvalue weighted by Crippen LogP contribution is 2.27. The summed E-state index contributed by atoms with van der Waals surface area (Å²) in [5.41, 5.74) is 2.04. The minimum atomic E-state index is -0.532. The van der Waals surface area contributed by atoms with Crippen LogP contribution in [-0.4, -0.2) is 9.97 Å². The molecule has 0 aliphatic carbocycles.